The molecule has 0 aliphatic carbocycles. The SMILES string of the molecule is COc1ccccc1/C(O)=C1/C(=O)C(=O)N(c2ccc(F)c(Cl)c2)C1c1ccc(C)o1. The molecule has 1 aromatic heterocycles. The number of carbonyl (C=O) groups excluding carboxylic acids is 2. The van der Waals surface area contributed by atoms with Gasteiger partial charge in [0.25, 0.3) is 11.7 Å². The Hall–Kier alpha value is -3.58. The Kier molecular flexibility index (Phi) is 5.29. The lowest BCUT2D eigenvalue weighted by Gasteiger charge is -2.23. The highest BCUT2D eigenvalue weighted by Gasteiger charge is 2.48. The number of nitrogens with zero attached hydrogens (tertiary/aromatic N) is 1. The number of aliphatic hydroxyl groups excluding tert-OH is 1. The highest BCUT2D eigenvalue weighted by atomic mass is 35.5. The maximum Gasteiger partial charge on any atom is 0.300 e. The van der Waals surface area contributed by atoms with Crippen LogP contribution in [-0.2, 0) is 9.59 Å². The van der Waals surface area contributed by atoms with Gasteiger partial charge in [-0.15, -0.1) is 0 Å². The van der Waals surface area contributed by atoms with Gasteiger partial charge in [0, 0.05) is 5.69 Å². The summed E-state index contributed by atoms with van der Waals surface area (Å²) >= 11 is 5.91. The summed E-state index contributed by atoms with van der Waals surface area (Å²) < 4.78 is 24.7. The van der Waals surface area contributed by atoms with E-state index >= 15 is 0 Å². The first kappa shape index (κ1) is 20.7. The number of ether oxygens (including phenoxy) is 1. The van der Waals surface area contributed by atoms with Crippen molar-refractivity contribution in [2.24, 2.45) is 0 Å². The molecule has 1 atom stereocenters. The van der Waals surface area contributed by atoms with E-state index in [4.69, 9.17) is 20.8 Å². The first-order valence-electron chi connectivity index (χ1n) is 9.29. The number of furan rings is 1. The summed E-state index contributed by atoms with van der Waals surface area (Å²) in [6.45, 7) is 1.71. The zero-order valence-electron chi connectivity index (χ0n) is 16.6. The third-order valence-corrected chi connectivity index (χ3v) is 5.31. The molecule has 0 saturated carbocycles. The van der Waals surface area contributed by atoms with Crippen LogP contribution in [0.25, 0.3) is 5.76 Å². The number of carbonyl (C=O) groups is 2. The van der Waals surface area contributed by atoms with E-state index in [1.807, 2.05) is 0 Å². The van der Waals surface area contributed by atoms with Crippen molar-refractivity contribution in [2.45, 2.75) is 13.0 Å². The number of benzene rings is 2. The zero-order chi connectivity index (χ0) is 22.3. The average molecular weight is 442 g/mol. The molecule has 1 fully saturated rings. The standard InChI is InChI=1S/C23H17ClFNO5/c1-12-7-10-18(31-12)20-19(21(27)14-5-3-4-6-17(14)30-2)22(28)23(29)26(20)13-8-9-16(25)15(24)11-13/h3-11,20,27H,1-2H3/b21-19-. The van der Waals surface area contributed by atoms with Gasteiger partial charge < -0.3 is 14.3 Å². The van der Waals surface area contributed by atoms with Crippen LogP contribution in [-0.4, -0.2) is 23.9 Å². The number of anilines is 1. The number of methoxy groups -OCH3 is 1. The molecule has 1 aliphatic heterocycles. The van der Waals surface area contributed by atoms with Crippen LogP contribution in [0.5, 0.6) is 5.75 Å². The van der Waals surface area contributed by atoms with Gasteiger partial charge in [-0.05, 0) is 49.4 Å². The number of amides is 1. The van der Waals surface area contributed by atoms with E-state index in [0.717, 1.165) is 11.0 Å². The predicted octanol–water partition coefficient (Wildman–Crippen LogP) is 5.02. The van der Waals surface area contributed by atoms with Crippen molar-refractivity contribution in [3.8, 4) is 5.75 Å². The zero-order valence-corrected chi connectivity index (χ0v) is 17.3. The van der Waals surface area contributed by atoms with Crippen LogP contribution in [0.2, 0.25) is 5.02 Å². The van der Waals surface area contributed by atoms with Crippen LogP contribution < -0.4 is 9.64 Å². The smallest absolute Gasteiger partial charge is 0.300 e. The number of aryl methyl sites for hydroxylation is 1. The molecular weight excluding hydrogens is 425 g/mol. The maximum atomic E-state index is 13.7. The van der Waals surface area contributed by atoms with Crippen LogP contribution in [0, 0.1) is 12.7 Å². The van der Waals surface area contributed by atoms with Crippen molar-refractivity contribution < 1.29 is 28.2 Å². The Morgan fingerprint density at radius 1 is 1.16 bits per heavy atom. The predicted molar refractivity (Wildman–Crippen MR) is 113 cm³/mol. The van der Waals surface area contributed by atoms with Gasteiger partial charge in [-0.1, -0.05) is 23.7 Å². The quantitative estimate of drug-likeness (QED) is 0.349. The minimum absolute atomic E-state index is 0.177. The second kappa shape index (κ2) is 7.92. The lowest BCUT2D eigenvalue weighted by molar-refractivity contribution is -0.132. The molecule has 2 heterocycles. The normalized spacial score (nSPS) is 17.9. The van der Waals surface area contributed by atoms with E-state index in [-0.39, 0.29) is 27.6 Å². The molecule has 31 heavy (non-hydrogen) atoms. The van der Waals surface area contributed by atoms with Crippen LogP contribution >= 0.6 is 11.6 Å². The van der Waals surface area contributed by atoms with Gasteiger partial charge in [-0.25, -0.2) is 4.39 Å². The largest absolute Gasteiger partial charge is 0.507 e. The third-order valence-electron chi connectivity index (χ3n) is 5.02. The Morgan fingerprint density at radius 3 is 2.55 bits per heavy atom. The molecule has 0 bridgehead atoms. The number of Topliss-reactive ketones (excluding diaryl/α,β-unsaturated/α-hetero) is 1. The first-order chi connectivity index (χ1) is 14.8. The van der Waals surface area contributed by atoms with Crippen molar-refractivity contribution in [2.75, 3.05) is 12.0 Å². The van der Waals surface area contributed by atoms with Crippen molar-refractivity contribution in [1.29, 1.82) is 0 Å². The van der Waals surface area contributed by atoms with E-state index in [1.165, 1.54) is 19.2 Å². The lowest BCUT2D eigenvalue weighted by Crippen LogP contribution is -2.29. The summed E-state index contributed by atoms with van der Waals surface area (Å²) in [5.41, 5.74) is 0.254. The molecular formula is C23H17ClFNO5. The van der Waals surface area contributed by atoms with Crippen LogP contribution in [0.15, 0.2) is 64.6 Å². The van der Waals surface area contributed by atoms with Gasteiger partial charge in [0.15, 0.2) is 0 Å². The van der Waals surface area contributed by atoms with Crippen molar-refractivity contribution in [3.05, 3.63) is 88.1 Å². The second-order valence-electron chi connectivity index (χ2n) is 6.92. The van der Waals surface area contributed by atoms with E-state index in [1.54, 1.807) is 43.3 Å². The molecule has 6 nitrogen and oxygen atoms in total. The first-order valence-corrected chi connectivity index (χ1v) is 9.67. The fourth-order valence-corrected chi connectivity index (χ4v) is 3.76. The summed E-state index contributed by atoms with van der Waals surface area (Å²) in [5, 5.41) is 10.9. The van der Waals surface area contributed by atoms with Crippen LogP contribution in [0.4, 0.5) is 10.1 Å². The van der Waals surface area contributed by atoms with E-state index < -0.39 is 29.3 Å². The van der Waals surface area contributed by atoms with Crippen molar-refractivity contribution in [3.63, 3.8) is 0 Å². The molecule has 158 valence electrons. The minimum Gasteiger partial charge on any atom is -0.507 e. The van der Waals surface area contributed by atoms with Crippen molar-refractivity contribution >= 4 is 34.7 Å². The molecule has 0 spiro atoms. The maximum absolute atomic E-state index is 13.7. The van der Waals surface area contributed by atoms with E-state index in [0.29, 0.717) is 11.5 Å². The Bertz CT molecular complexity index is 1230. The molecule has 1 amide bonds. The Morgan fingerprint density at radius 2 is 1.90 bits per heavy atom. The van der Waals surface area contributed by atoms with Gasteiger partial charge >= 0.3 is 0 Å². The highest BCUT2D eigenvalue weighted by Crippen LogP contribution is 2.44. The number of hydrogen-bond donors (Lipinski definition) is 1. The topological polar surface area (TPSA) is 80.0 Å². The average Bonchev–Trinajstić information content (AvgIpc) is 3.30. The monoisotopic (exact) mass is 441 g/mol. The molecule has 2 aromatic carbocycles. The number of aliphatic hydroxyl groups is 1. The van der Waals surface area contributed by atoms with Crippen LogP contribution in [0.1, 0.15) is 23.1 Å². The van der Waals surface area contributed by atoms with Gasteiger partial charge in [0.05, 0.1) is 23.3 Å². The van der Waals surface area contributed by atoms with Crippen molar-refractivity contribution in [1.82, 2.24) is 0 Å². The molecule has 1 N–H and O–H groups in total. The molecule has 1 aliphatic rings. The van der Waals surface area contributed by atoms with Gasteiger partial charge in [0.2, 0.25) is 0 Å². The summed E-state index contributed by atoms with van der Waals surface area (Å²) in [5.74, 6) is -1.76. The number of ketones is 1. The van der Waals surface area contributed by atoms with Gasteiger partial charge in [0.1, 0.15) is 34.9 Å². The molecule has 4 rings (SSSR count). The summed E-state index contributed by atoms with van der Waals surface area (Å²) in [7, 11) is 1.43. The lowest BCUT2D eigenvalue weighted by atomic mass is 9.98. The molecule has 8 heteroatoms. The molecule has 1 saturated heterocycles. The molecule has 0 radical (unpaired) electrons. The summed E-state index contributed by atoms with van der Waals surface area (Å²) in [6.07, 6.45) is 0. The second-order valence-corrected chi connectivity index (χ2v) is 7.32. The fraction of sp³-hybridized carbons (Fsp3) is 0.130. The van der Waals surface area contributed by atoms with E-state index in [2.05, 4.69) is 0 Å². The summed E-state index contributed by atoms with van der Waals surface area (Å²) in [4.78, 5) is 27.2. The van der Waals surface area contributed by atoms with Gasteiger partial charge in [-0.3, -0.25) is 14.5 Å². The fourth-order valence-electron chi connectivity index (χ4n) is 3.59. The number of rotatable bonds is 4. The molecule has 3 aromatic rings. The Labute approximate surface area is 182 Å². The summed E-state index contributed by atoms with van der Waals surface area (Å²) in [6, 6.07) is 12.4. The van der Waals surface area contributed by atoms with E-state index in [9.17, 15) is 19.1 Å². The van der Waals surface area contributed by atoms with Crippen LogP contribution in [0.3, 0.4) is 0 Å². The third kappa shape index (κ3) is 3.47. The highest BCUT2D eigenvalue weighted by molar-refractivity contribution is 6.51. The van der Waals surface area contributed by atoms with Gasteiger partial charge in [-0.2, -0.15) is 0 Å². The number of hydrogen-bond acceptors (Lipinski definition) is 5. The molecule has 1 unspecified atom stereocenters. The number of para-hydroxylation sites is 1. The Balaban J connectivity index is 1.97. The number of halogens is 2. The minimum atomic E-state index is -1.08.